The first-order chi connectivity index (χ1) is 8.08. The molecule has 1 aliphatic rings. The zero-order valence-corrected chi connectivity index (χ0v) is 12.0. The molecule has 1 aromatic rings. The number of hydrogen-bond donors (Lipinski definition) is 0. The van der Waals surface area contributed by atoms with Crippen molar-refractivity contribution in [2.45, 2.75) is 6.92 Å². The molecule has 0 spiro atoms. The van der Waals surface area contributed by atoms with Crippen molar-refractivity contribution in [1.29, 1.82) is 0 Å². The lowest BCUT2D eigenvalue weighted by atomic mass is 10.1. The van der Waals surface area contributed by atoms with Crippen LogP contribution >= 0.6 is 15.9 Å². The van der Waals surface area contributed by atoms with Crippen molar-refractivity contribution >= 4 is 32.6 Å². The van der Waals surface area contributed by atoms with Gasteiger partial charge in [-0.3, -0.25) is 9.00 Å². The van der Waals surface area contributed by atoms with Gasteiger partial charge < -0.3 is 4.90 Å². The number of carbonyl (C=O) groups is 1. The van der Waals surface area contributed by atoms with E-state index in [-0.39, 0.29) is 5.91 Å². The summed E-state index contributed by atoms with van der Waals surface area (Å²) in [5.74, 6) is 1.21. The highest BCUT2D eigenvalue weighted by Gasteiger charge is 2.22. The first-order valence-electron chi connectivity index (χ1n) is 5.48. The highest BCUT2D eigenvalue weighted by Crippen LogP contribution is 2.20. The number of carbonyl (C=O) groups excluding carboxylic acids is 1. The Morgan fingerprint density at radius 2 is 2.00 bits per heavy atom. The summed E-state index contributed by atoms with van der Waals surface area (Å²) in [5, 5.41) is 0. The third-order valence-electron chi connectivity index (χ3n) is 2.82. The number of amides is 1. The first-order valence-corrected chi connectivity index (χ1v) is 7.76. The van der Waals surface area contributed by atoms with Crippen LogP contribution in [-0.4, -0.2) is 39.6 Å². The molecule has 1 aromatic carbocycles. The minimum absolute atomic E-state index is 0.0253. The molecule has 1 heterocycles. The number of halogens is 1. The smallest absolute Gasteiger partial charge is 0.255 e. The Labute approximate surface area is 112 Å². The molecule has 0 radical (unpaired) electrons. The molecule has 0 N–H and O–H groups in total. The van der Waals surface area contributed by atoms with E-state index in [1.807, 2.05) is 25.1 Å². The predicted octanol–water partition coefficient (Wildman–Crippen LogP) is 1.96. The molecule has 0 aromatic heterocycles. The number of aryl methyl sites for hydroxylation is 1. The second-order valence-electron chi connectivity index (χ2n) is 4.12. The summed E-state index contributed by atoms with van der Waals surface area (Å²) in [6.45, 7) is 3.14. The standard InChI is InChI=1S/C12H14BrNO2S/c1-9-2-3-11(13)10(8-9)12(15)14-4-6-17(16)7-5-14/h2-3,8H,4-7H2,1H3. The van der Waals surface area contributed by atoms with Gasteiger partial charge in [0, 0.05) is 39.9 Å². The van der Waals surface area contributed by atoms with Crippen molar-refractivity contribution in [2.75, 3.05) is 24.6 Å². The molecule has 17 heavy (non-hydrogen) atoms. The highest BCUT2D eigenvalue weighted by molar-refractivity contribution is 9.10. The molecule has 0 saturated carbocycles. The van der Waals surface area contributed by atoms with Gasteiger partial charge in [0.1, 0.15) is 0 Å². The van der Waals surface area contributed by atoms with Crippen molar-refractivity contribution in [2.24, 2.45) is 0 Å². The molecule has 0 atom stereocenters. The summed E-state index contributed by atoms with van der Waals surface area (Å²) in [5.41, 5.74) is 1.76. The van der Waals surface area contributed by atoms with Crippen LogP contribution in [-0.2, 0) is 10.8 Å². The zero-order valence-electron chi connectivity index (χ0n) is 9.61. The Kier molecular flexibility index (Phi) is 3.99. The number of nitrogens with zero attached hydrogens (tertiary/aromatic N) is 1. The highest BCUT2D eigenvalue weighted by atomic mass is 79.9. The van der Waals surface area contributed by atoms with E-state index in [9.17, 15) is 9.00 Å². The minimum Gasteiger partial charge on any atom is -0.337 e. The summed E-state index contributed by atoms with van der Waals surface area (Å²) < 4.78 is 12.1. The van der Waals surface area contributed by atoms with Gasteiger partial charge in [0.15, 0.2) is 0 Å². The molecule has 1 fully saturated rings. The number of rotatable bonds is 1. The third-order valence-corrected chi connectivity index (χ3v) is 4.78. The van der Waals surface area contributed by atoms with E-state index in [0.717, 1.165) is 10.0 Å². The number of hydrogen-bond acceptors (Lipinski definition) is 2. The Morgan fingerprint density at radius 3 is 2.65 bits per heavy atom. The van der Waals surface area contributed by atoms with Gasteiger partial charge in [-0.1, -0.05) is 11.6 Å². The van der Waals surface area contributed by atoms with Crippen LogP contribution in [0, 0.1) is 6.92 Å². The summed E-state index contributed by atoms with van der Waals surface area (Å²) in [4.78, 5) is 14.1. The lowest BCUT2D eigenvalue weighted by Crippen LogP contribution is -2.41. The average molecular weight is 316 g/mol. The van der Waals surface area contributed by atoms with Crippen LogP contribution in [0.25, 0.3) is 0 Å². The molecule has 1 aliphatic heterocycles. The lowest BCUT2D eigenvalue weighted by Gasteiger charge is -2.26. The normalized spacial score (nSPS) is 17.2. The average Bonchev–Trinajstić information content (AvgIpc) is 2.32. The van der Waals surface area contributed by atoms with E-state index >= 15 is 0 Å². The fourth-order valence-electron chi connectivity index (χ4n) is 1.81. The summed E-state index contributed by atoms with van der Waals surface area (Å²) >= 11 is 3.40. The maximum atomic E-state index is 12.3. The monoisotopic (exact) mass is 315 g/mol. The van der Waals surface area contributed by atoms with Gasteiger partial charge in [-0.15, -0.1) is 0 Å². The molecule has 5 heteroatoms. The minimum atomic E-state index is -0.749. The third kappa shape index (κ3) is 2.96. The Hall–Kier alpha value is -0.680. The van der Waals surface area contributed by atoms with Crippen molar-refractivity contribution in [1.82, 2.24) is 4.90 Å². The first kappa shape index (κ1) is 12.8. The van der Waals surface area contributed by atoms with Crippen LogP contribution in [0.1, 0.15) is 15.9 Å². The van der Waals surface area contributed by atoms with Gasteiger partial charge in [-0.2, -0.15) is 0 Å². The zero-order chi connectivity index (χ0) is 12.4. The second-order valence-corrected chi connectivity index (χ2v) is 6.67. The summed E-state index contributed by atoms with van der Waals surface area (Å²) in [7, 11) is -0.749. The molecule has 1 saturated heterocycles. The van der Waals surface area contributed by atoms with Gasteiger partial charge in [-0.25, -0.2) is 0 Å². The summed E-state index contributed by atoms with van der Waals surface area (Å²) in [6, 6.07) is 5.74. The van der Waals surface area contributed by atoms with Crippen molar-refractivity contribution < 1.29 is 9.00 Å². The SMILES string of the molecule is Cc1ccc(Br)c(C(=O)N2CCS(=O)CC2)c1. The van der Waals surface area contributed by atoms with Crippen LogP contribution in [0.4, 0.5) is 0 Å². The van der Waals surface area contributed by atoms with Gasteiger partial charge in [0.25, 0.3) is 5.91 Å². The fourth-order valence-corrected chi connectivity index (χ4v) is 3.28. The molecular weight excluding hydrogens is 302 g/mol. The van der Waals surface area contributed by atoms with E-state index < -0.39 is 10.8 Å². The van der Waals surface area contributed by atoms with Gasteiger partial charge in [-0.05, 0) is 35.0 Å². The Balaban J connectivity index is 2.19. The summed E-state index contributed by atoms with van der Waals surface area (Å²) in [6.07, 6.45) is 0. The lowest BCUT2D eigenvalue weighted by molar-refractivity contribution is 0.0770. The van der Waals surface area contributed by atoms with Crippen molar-refractivity contribution in [3.05, 3.63) is 33.8 Å². The van der Waals surface area contributed by atoms with E-state index in [4.69, 9.17) is 0 Å². The molecule has 0 bridgehead atoms. The van der Waals surface area contributed by atoms with E-state index in [1.54, 1.807) is 4.90 Å². The van der Waals surface area contributed by atoms with Crippen LogP contribution in [0.3, 0.4) is 0 Å². The molecule has 0 aliphatic carbocycles. The second kappa shape index (κ2) is 5.31. The maximum absolute atomic E-state index is 12.3. The Morgan fingerprint density at radius 1 is 1.35 bits per heavy atom. The van der Waals surface area contributed by atoms with Gasteiger partial charge >= 0.3 is 0 Å². The molecular formula is C12H14BrNO2S. The van der Waals surface area contributed by atoms with Crippen LogP contribution in [0.2, 0.25) is 0 Å². The van der Waals surface area contributed by atoms with E-state index in [1.165, 1.54) is 0 Å². The topological polar surface area (TPSA) is 37.4 Å². The quantitative estimate of drug-likeness (QED) is 0.794. The molecule has 1 amide bonds. The van der Waals surface area contributed by atoms with Gasteiger partial charge in [0.05, 0.1) is 5.56 Å². The van der Waals surface area contributed by atoms with Crippen molar-refractivity contribution in [3.63, 3.8) is 0 Å². The molecule has 92 valence electrons. The van der Waals surface area contributed by atoms with Crippen LogP contribution < -0.4 is 0 Å². The van der Waals surface area contributed by atoms with Crippen LogP contribution in [0.5, 0.6) is 0 Å². The molecule has 3 nitrogen and oxygen atoms in total. The molecule has 0 unspecified atom stereocenters. The van der Waals surface area contributed by atoms with Gasteiger partial charge in [0.2, 0.25) is 0 Å². The predicted molar refractivity (Wildman–Crippen MR) is 72.7 cm³/mol. The van der Waals surface area contributed by atoms with Crippen molar-refractivity contribution in [3.8, 4) is 0 Å². The maximum Gasteiger partial charge on any atom is 0.255 e. The van der Waals surface area contributed by atoms with Crippen LogP contribution in [0.15, 0.2) is 22.7 Å². The van der Waals surface area contributed by atoms with E-state index in [0.29, 0.717) is 30.2 Å². The largest absolute Gasteiger partial charge is 0.337 e. The molecule has 2 rings (SSSR count). The number of benzene rings is 1. The Bertz CT molecular complexity index is 466. The fraction of sp³-hybridized carbons (Fsp3) is 0.417. The van der Waals surface area contributed by atoms with E-state index in [2.05, 4.69) is 15.9 Å².